The molecule has 0 fully saturated rings. The normalized spacial score (nSPS) is 10.5. The molecule has 0 aliphatic carbocycles. The first-order valence-electron chi connectivity index (χ1n) is 5.60. The monoisotopic (exact) mass is 282 g/mol. The third-order valence-electron chi connectivity index (χ3n) is 2.01. The van der Waals surface area contributed by atoms with E-state index in [0.717, 1.165) is 6.42 Å². The summed E-state index contributed by atoms with van der Waals surface area (Å²) in [5.41, 5.74) is 2.38. The fourth-order valence-electron chi connectivity index (χ4n) is 1.15. The van der Waals surface area contributed by atoms with E-state index in [1.165, 1.54) is 11.8 Å². The summed E-state index contributed by atoms with van der Waals surface area (Å²) in [5, 5.41) is 8.82. The number of aryl methyl sites for hydroxylation is 1. The summed E-state index contributed by atoms with van der Waals surface area (Å²) in [7, 11) is 1.83. The van der Waals surface area contributed by atoms with Crippen LogP contribution in [0.25, 0.3) is 0 Å². The van der Waals surface area contributed by atoms with E-state index >= 15 is 0 Å². The van der Waals surface area contributed by atoms with Crippen LogP contribution in [0, 0.1) is 0 Å². The van der Waals surface area contributed by atoms with Crippen LogP contribution in [0.4, 0.5) is 5.95 Å². The molecule has 0 bridgehead atoms. The predicted octanol–water partition coefficient (Wildman–Crippen LogP) is 0.226. The Labute approximate surface area is 114 Å². The number of nitrogens with two attached hydrogens (primary N) is 1. The van der Waals surface area contributed by atoms with E-state index in [1.54, 1.807) is 10.9 Å². The molecule has 0 saturated heterocycles. The van der Waals surface area contributed by atoms with Crippen molar-refractivity contribution in [2.24, 2.45) is 12.9 Å². The quantitative estimate of drug-likeness (QED) is 0.567. The summed E-state index contributed by atoms with van der Waals surface area (Å²) < 4.78 is 7.13. The summed E-state index contributed by atoms with van der Waals surface area (Å²) in [6.45, 7) is 2.53. The first kappa shape index (κ1) is 13.5. The van der Waals surface area contributed by atoms with E-state index in [1.807, 2.05) is 14.0 Å². The number of rotatable bonds is 6. The van der Waals surface area contributed by atoms with Crippen LogP contribution in [-0.2, 0) is 7.05 Å². The summed E-state index contributed by atoms with van der Waals surface area (Å²) in [6.07, 6.45) is 2.46. The smallest absolute Gasteiger partial charge is 0.322 e. The highest BCUT2D eigenvalue weighted by molar-refractivity contribution is 7.99. The molecule has 3 N–H and O–H groups in total. The lowest BCUT2D eigenvalue weighted by Crippen LogP contribution is -2.13. The van der Waals surface area contributed by atoms with E-state index < -0.39 is 0 Å². The number of hydrogen-bond acceptors (Lipinski definition) is 9. The maximum absolute atomic E-state index is 5.37. The van der Waals surface area contributed by atoms with Gasteiger partial charge in [-0.1, -0.05) is 6.92 Å². The van der Waals surface area contributed by atoms with Crippen LogP contribution in [0.1, 0.15) is 13.3 Å². The SMILES string of the molecule is CCCOc1nc(NN)nc(Sc2nncn2C)n1. The second-order valence-electron chi connectivity index (χ2n) is 3.54. The Morgan fingerprint density at radius 1 is 1.42 bits per heavy atom. The highest BCUT2D eigenvalue weighted by Crippen LogP contribution is 2.23. The molecule has 2 heterocycles. The van der Waals surface area contributed by atoms with Gasteiger partial charge in [-0.05, 0) is 18.2 Å². The van der Waals surface area contributed by atoms with Gasteiger partial charge in [-0.2, -0.15) is 15.0 Å². The van der Waals surface area contributed by atoms with Gasteiger partial charge in [-0.25, -0.2) is 5.84 Å². The minimum Gasteiger partial charge on any atom is -0.463 e. The van der Waals surface area contributed by atoms with Gasteiger partial charge in [0.1, 0.15) is 6.33 Å². The number of ether oxygens (including phenoxy) is 1. The number of nitrogens with one attached hydrogen (secondary N) is 1. The van der Waals surface area contributed by atoms with Crippen LogP contribution in [0.15, 0.2) is 16.6 Å². The van der Waals surface area contributed by atoms with Crippen molar-refractivity contribution in [3.05, 3.63) is 6.33 Å². The molecule has 0 saturated carbocycles. The maximum Gasteiger partial charge on any atom is 0.322 e. The van der Waals surface area contributed by atoms with Crippen molar-refractivity contribution in [2.45, 2.75) is 23.7 Å². The molecule has 2 rings (SSSR count). The largest absolute Gasteiger partial charge is 0.463 e. The molecular weight excluding hydrogens is 268 g/mol. The van der Waals surface area contributed by atoms with Crippen LogP contribution in [-0.4, -0.2) is 36.3 Å². The number of hydrogen-bond donors (Lipinski definition) is 2. The Kier molecular flexibility index (Phi) is 4.47. The number of nitrogens with zero attached hydrogens (tertiary/aromatic N) is 6. The van der Waals surface area contributed by atoms with Crippen LogP contribution in [0.2, 0.25) is 0 Å². The van der Waals surface area contributed by atoms with Crippen molar-refractivity contribution >= 4 is 17.7 Å². The van der Waals surface area contributed by atoms with Crippen molar-refractivity contribution in [3.63, 3.8) is 0 Å². The average molecular weight is 282 g/mol. The molecule has 2 aromatic rings. The van der Waals surface area contributed by atoms with Gasteiger partial charge in [0.25, 0.3) is 0 Å². The molecule has 0 amide bonds. The van der Waals surface area contributed by atoms with Gasteiger partial charge in [0, 0.05) is 7.05 Å². The third-order valence-corrected chi connectivity index (χ3v) is 2.93. The first-order valence-corrected chi connectivity index (χ1v) is 6.42. The highest BCUT2D eigenvalue weighted by Gasteiger charge is 2.11. The molecular formula is C9H14N8OS. The van der Waals surface area contributed by atoms with Crippen molar-refractivity contribution in [1.82, 2.24) is 29.7 Å². The summed E-state index contributed by atoms with van der Waals surface area (Å²) in [4.78, 5) is 12.3. The van der Waals surface area contributed by atoms with Crippen molar-refractivity contribution in [3.8, 4) is 6.01 Å². The van der Waals surface area contributed by atoms with E-state index in [0.29, 0.717) is 16.9 Å². The van der Waals surface area contributed by atoms with Gasteiger partial charge < -0.3 is 9.30 Å². The third kappa shape index (κ3) is 3.51. The fraction of sp³-hybridized carbons (Fsp3) is 0.444. The molecule has 9 nitrogen and oxygen atoms in total. The van der Waals surface area contributed by atoms with Crippen LogP contribution in [0.3, 0.4) is 0 Å². The van der Waals surface area contributed by atoms with Crippen molar-refractivity contribution < 1.29 is 4.74 Å². The summed E-state index contributed by atoms with van der Waals surface area (Å²) in [5.74, 6) is 5.56. The standard InChI is InChI=1S/C9H14N8OS/c1-3-4-18-7-12-6(15-10)13-8(14-7)19-9-16-11-5-17(9)2/h5H,3-4,10H2,1-2H3,(H,12,13,14,15). The molecule has 0 aliphatic heterocycles. The highest BCUT2D eigenvalue weighted by atomic mass is 32.2. The van der Waals surface area contributed by atoms with Crippen LogP contribution >= 0.6 is 11.8 Å². The van der Waals surface area contributed by atoms with Gasteiger partial charge in [-0.15, -0.1) is 10.2 Å². The topological polar surface area (TPSA) is 117 Å². The van der Waals surface area contributed by atoms with E-state index in [2.05, 4.69) is 30.6 Å². The van der Waals surface area contributed by atoms with Gasteiger partial charge in [0.15, 0.2) is 5.16 Å². The number of aromatic nitrogens is 6. The molecule has 0 aliphatic rings. The molecule has 19 heavy (non-hydrogen) atoms. The minimum absolute atomic E-state index is 0.231. The Bertz CT molecular complexity index is 545. The molecule has 0 radical (unpaired) electrons. The Hall–Kier alpha value is -1.94. The first-order chi connectivity index (χ1) is 9.22. The maximum atomic E-state index is 5.37. The molecule has 0 spiro atoms. The second-order valence-corrected chi connectivity index (χ2v) is 4.48. The zero-order valence-electron chi connectivity index (χ0n) is 10.6. The van der Waals surface area contributed by atoms with Crippen molar-refractivity contribution in [2.75, 3.05) is 12.0 Å². The predicted molar refractivity (Wildman–Crippen MR) is 68.5 cm³/mol. The summed E-state index contributed by atoms with van der Waals surface area (Å²) >= 11 is 1.25. The average Bonchev–Trinajstić information content (AvgIpc) is 2.81. The van der Waals surface area contributed by atoms with Crippen LogP contribution in [0.5, 0.6) is 6.01 Å². The minimum atomic E-state index is 0.231. The fourth-order valence-corrected chi connectivity index (χ4v) is 1.85. The lowest BCUT2D eigenvalue weighted by Gasteiger charge is -2.06. The summed E-state index contributed by atoms with van der Waals surface area (Å²) in [6, 6.07) is 0.231. The Balaban J connectivity index is 2.21. The Morgan fingerprint density at radius 2 is 2.26 bits per heavy atom. The van der Waals surface area contributed by atoms with E-state index in [4.69, 9.17) is 10.6 Å². The number of nitrogen functional groups attached to an aromatic ring is 1. The van der Waals surface area contributed by atoms with Crippen molar-refractivity contribution in [1.29, 1.82) is 0 Å². The molecule has 0 unspecified atom stereocenters. The van der Waals surface area contributed by atoms with Crippen LogP contribution < -0.4 is 16.0 Å². The van der Waals surface area contributed by atoms with Gasteiger partial charge in [0.2, 0.25) is 11.1 Å². The zero-order chi connectivity index (χ0) is 13.7. The number of hydrazine groups is 1. The molecule has 10 heteroatoms. The molecule has 2 aromatic heterocycles. The van der Waals surface area contributed by atoms with Gasteiger partial charge in [0.05, 0.1) is 6.61 Å². The van der Waals surface area contributed by atoms with Gasteiger partial charge >= 0.3 is 6.01 Å². The molecule has 0 aromatic carbocycles. The van der Waals surface area contributed by atoms with Gasteiger partial charge in [-0.3, -0.25) is 5.43 Å². The molecule has 0 atom stereocenters. The van der Waals surface area contributed by atoms with E-state index in [-0.39, 0.29) is 12.0 Å². The lowest BCUT2D eigenvalue weighted by molar-refractivity contribution is 0.288. The number of anilines is 1. The zero-order valence-corrected chi connectivity index (χ0v) is 11.4. The lowest BCUT2D eigenvalue weighted by atomic mass is 10.5. The second kappa shape index (κ2) is 6.29. The van der Waals surface area contributed by atoms with E-state index in [9.17, 15) is 0 Å². The Morgan fingerprint density at radius 3 is 2.89 bits per heavy atom. The molecule has 102 valence electrons.